The molecule has 0 spiro atoms. The first-order valence-corrected chi connectivity index (χ1v) is 4.14. The van der Waals surface area contributed by atoms with E-state index in [0.29, 0.717) is 0 Å². The summed E-state index contributed by atoms with van der Waals surface area (Å²) in [5.41, 5.74) is 0. The number of carbonyl (C=O) groups is 1. The summed E-state index contributed by atoms with van der Waals surface area (Å²) in [6.45, 7) is 2.11. The van der Waals surface area contributed by atoms with Crippen molar-refractivity contribution in [2.75, 3.05) is 0 Å². The Labute approximate surface area is 67.2 Å². The minimum absolute atomic E-state index is 0.0926. The topological polar surface area (TPSA) is 29.6 Å². The Hall–Kier alpha value is -0.630. The van der Waals surface area contributed by atoms with Crippen LogP contribution in [0.15, 0.2) is 12.2 Å². The average Bonchev–Trinajstić information content (AvgIpc) is 2.77. The summed E-state index contributed by atoms with van der Waals surface area (Å²) in [5.74, 6) is 0. The normalized spacial score (nSPS) is 29.2. The number of ether oxygens (including phenoxy) is 1. The van der Waals surface area contributed by atoms with Crippen LogP contribution in [0.3, 0.4) is 0 Å². The molecule has 0 bridgehead atoms. The fraction of sp³-hybridized carbons (Fsp3) is 0.667. The highest BCUT2D eigenvalue weighted by Crippen LogP contribution is 2.24. The van der Waals surface area contributed by atoms with Crippen molar-refractivity contribution in [2.45, 2.75) is 38.4 Å². The van der Waals surface area contributed by atoms with Gasteiger partial charge in [0.1, 0.15) is 6.10 Å². The summed E-state index contributed by atoms with van der Waals surface area (Å²) in [7, 11) is 0. The molecular weight excluding hydrogens is 140 g/mol. The van der Waals surface area contributed by atoms with E-state index in [2.05, 4.69) is 19.1 Å². The highest BCUT2D eigenvalue weighted by atomic mass is 16.6. The Morgan fingerprint density at radius 3 is 2.82 bits per heavy atom. The fourth-order valence-electron chi connectivity index (χ4n) is 1.05. The molecule has 1 saturated heterocycles. The second-order valence-corrected chi connectivity index (χ2v) is 2.73. The van der Waals surface area contributed by atoms with Gasteiger partial charge in [0, 0.05) is 0 Å². The number of epoxide rings is 1. The van der Waals surface area contributed by atoms with Crippen LogP contribution in [-0.2, 0) is 9.53 Å². The van der Waals surface area contributed by atoms with Crippen LogP contribution in [0, 0.1) is 0 Å². The number of allylic oxidation sites excluding steroid dienone is 2. The summed E-state index contributed by atoms with van der Waals surface area (Å²) in [4.78, 5) is 10.1. The largest absolute Gasteiger partial charge is 0.362 e. The first-order chi connectivity index (χ1) is 5.38. The zero-order chi connectivity index (χ0) is 8.10. The van der Waals surface area contributed by atoms with Crippen molar-refractivity contribution in [1.82, 2.24) is 0 Å². The third-order valence-corrected chi connectivity index (χ3v) is 1.78. The molecule has 2 unspecified atom stereocenters. The summed E-state index contributed by atoms with van der Waals surface area (Å²) >= 11 is 0. The molecule has 2 atom stereocenters. The van der Waals surface area contributed by atoms with Gasteiger partial charge < -0.3 is 9.53 Å². The maximum atomic E-state index is 10.1. The molecular formula is C9H14O2. The van der Waals surface area contributed by atoms with Crippen LogP contribution in [0.25, 0.3) is 0 Å². The molecule has 2 heteroatoms. The van der Waals surface area contributed by atoms with Gasteiger partial charge in [-0.2, -0.15) is 0 Å². The van der Waals surface area contributed by atoms with E-state index < -0.39 is 0 Å². The number of hydrogen-bond acceptors (Lipinski definition) is 2. The van der Waals surface area contributed by atoms with Gasteiger partial charge in [-0.1, -0.05) is 19.1 Å². The van der Waals surface area contributed by atoms with Crippen LogP contribution in [-0.4, -0.2) is 18.5 Å². The second-order valence-electron chi connectivity index (χ2n) is 2.73. The van der Waals surface area contributed by atoms with E-state index in [9.17, 15) is 4.79 Å². The van der Waals surface area contributed by atoms with E-state index in [0.717, 1.165) is 25.5 Å². The minimum Gasteiger partial charge on any atom is -0.362 e. The van der Waals surface area contributed by atoms with Crippen molar-refractivity contribution in [1.29, 1.82) is 0 Å². The van der Waals surface area contributed by atoms with Crippen LogP contribution in [0.5, 0.6) is 0 Å². The number of carbonyl (C=O) groups excluding carboxylic acids is 1. The molecule has 1 aliphatic rings. The van der Waals surface area contributed by atoms with E-state index in [1.165, 1.54) is 0 Å². The van der Waals surface area contributed by atoms with Crippen LogP contribution in [0.4, 0.5) is 0 Å². The predicted molar refractivity (Wildman–Crippen MR) is 43.4 cm³/mol. The second kappa shape index (κ2) is 4.29. The molecule has 0 aliphatic carbocycles. The molecule has 0 saturated carbocycles. The molecule has 2 nitrogen and oxygen atoms in total. The van der Waals surface area contributed by atoms with Crippen LogP contribution >= 0.6 is 0 Å². The van der Waals surface area contributed by atoms with E-state index in [4.69, 9.17) is 4.74 Å². The maximum Gasteiger partial charge on any atom is 0.151 e. The Balaban J connectivity index is 1.97. The number of aldehydes is 1. The zero-order valence-corrected chi connectivity index (χ0v) is 6.82. The van der Waals surface area contributed by atoms with E-state index in [-0.39, 0.29) is 12.2 Å². The van der Waals surface area contributed by atoms with Crippen molar-refractivity contribution in [3.05, 3.63) is 12.2 Å². The lowest BCUT2D eigenvalue weighted by Crippen LogP contribution is -1.93. The van der Waals surface area contributed by atoms with E-state index in [1.54, 1.807) is 0 Å². The Morgan fingerprint density at radius 2 is 2.27 bits per heavy atom. The minimum atomic E-state index is -0.0926. The molecule has 0 N–H and O–H groups in total. The van der Waals surface area contributed by atoms with Gasteiger partial charge in [-0.3, -0.25) is 0 Å². The van der Waals surface area contributed by atoms with Gasteiger partial charge in [-0.25, -0.2) is 0 Å². The average molecular weight is 154 g/mol. The van der Waals surface area contributed by atoms with E-state index in [1.807, 2.05) is 0 Å². The molecule has 1 aliphatic heterocycles. The standard InChI is InChI=1S/C9H14O2/c1-2-3-4-5-6-8-9(7-10)11-8/h3-4,7-9H,2,5-6H2,1H3/b4-3-. The first-order valence-electron chi connectivity index (χ1n) is 4.14. The van der Waals surface area contributed by atoms with Crippen LogP contribution in [0.1, 0.15) is 26.2 Å². The molecule has 0 radical (unpaired) electrons. The van der Waals surface area contributed by atoms with Gasteiger partial charge >= 0.3 is 0 Å². The predicted octanol–water partition coefficient (Wildman–Crippen LogP) is 1.70. The Bertz CT molecular complexity index is 152. The van der Waals surface area contributed by atoms with Gasteiger partial charge in [0.2, 0.25) is 0 Å². The van der Waals surface area contributed by atoms with Crippen molar-refractivity contribution >= 4 is 6.29 Å². The lowest BCUT2D eigenvalue weighted by atomic mass is 10.2. The lowest BCUT2D eigenvalue weighted by molar-refractivity contribution is -0.108. The summed E-state index contributed by atoms with van der Waals surface area (Å²) < 4.78 is 5.04. The Morgan fingerprint density at radius 1 is 1.45 bits per heavy atom. The molecule has 0 aromatic carbocycles. The number of hydrogen-bond donors (Lipinski definition) is 0. The molecule has 62 valence electrons. The van der Waals surface area contributed by atoms with Gasteiger partial charge in [0.25, 0.3) is 0 Å². The molecule has 1 fully saturated rings. The smallest absolute Gasteiger partial charge is 0.151 e. The van der Waals surface area contributed by atoms with Crippen molar-refractivity contribution < 1.29 is 9.53 Å². The first kappa shape index (κ1) is 8.47. The molecule has 0 aromatic rings. The third-order valence-electron chi connectivity index (χ3n) is 1.78. The number of rotatable bonds is 5. The van der Waals surface area contributed by atoms with Gasteiger partial charge in [-0.05, 0) is 19.3 Å². The lowest BCUT2D eigenvalue weighted by Gasteiger charge is -1.86. The van der Waals surface area contributed by atoms with E-state index >= 15 is 0 Å². The SMILES string of the molecule is CC/C=C\CCC1OC1C=O. The third kappa shape index (κ3) is 2.85. The Kier molecular flexibility index (Phi) is 3.30. The molecule has 0 aromatic heterocycles. The molecule has 1 rings (SSSR count). The summed E-state index contributed by atoms with van der Waals surface area (Å²) in [6, 6.07) is 0. The molecule has 0 amide bonds. The quantitative estimate of drug-likeness (QED) is 0.342. The molecule has 1 heterocycles. The monoisotopic (exact) mass is 154 g/mol. The van der Waals surface area contributed by atoms with Gasteiger partial charge in [-0.15, -0.1) is 0 Å². The van der Waals surface area contributed by atoms with Gasteiger partial charge in [0.15, 0.2) is 6.29 Å². The van der Waals surface area contributed by atoms with Crippen LogP contribution < -0.4 is 0 Å². The zero-order valence-electron chi connectivity index (χ0n) is 6.82. The van der Waals surface area contributed by atoms with Gasteiger partial charge in [0.05, 0.1) is 6.10 Å². The van der Waals surface area contributed by atoms with Crippen molar-refractivity contribution in [2.24, 2.45) is 0 Å². The highest BCUT2D eigenvalue weighted by Gasteiger charge is 2.37. The maximum absolute atomic E-state index is 10.1. The highest BCUT2D eigenvalue weighted by molar-refractivity contribution is 5.60. The summed E-state index contributed by atoms with van der Waals surface area (Å²) in [5, 5.41) is 0. The molecule has 11 heavy (non-hydrogen) atoms. The fourth-order valence-corrected chi connectivity index (χ4v) is 1.05. The summed E-state index contributed by atoms with van der Waals surface area (Å²) in [6.07, 6.45) is 8.39. The van der Waals surface area contributed by atoms with Crippen molar-refractivity contribution in [3.63, 3.8) is 0 Å². The van der Waals surface area contributed by atoms with Crippen molar-refractivity contribution in [3.8, 4) is 0 Å². The van der Waals surface area contributed by atoms with Crippen LogP contribution in [0.2, 0.25) is 0 Å².